The van der Waals surface area contributed by atoms with Crippen LogP contribution in [0.15, 0.2) is 146 Å². The third-order valence-corrected chi connectivity index (χ3v) is 12.8. The number of hydrogen-bond donors (Lipinski definition) is 0. The second-order valence-corrected chi connectivity index (χ2v) is 17.8. The summed E-state index contributed by atoms with van der Waals surface area (Å²) in [6, 6.07) is 53.9. The molecule has 1 heterocycles. The van der Waals surface area contributed by atoms with E-state index >= 15 is 0 Å². The second-order valence-electron chi connectivity index (χ2n) is 17.8. The van der Waals surface area contributed by atoms with E-state index in [1.165, 1.54) is 66.8 Å². The SMILES string of the molecule is CCC(C)(C)c1ccc2c(c1)Cc1cc(-c3ccc(-c4ccc5c(c4)Cc4cc(C(C)(C)C)ccc4-5)c4nc(-c5ccccc5)c(-c5ccccc5)nc34)ccc1-2. The maximum absolute atomic E-state index is 5.64. The summed E-state index contributed by atoms with van der Waals surface area (Å²) >= 11 is 0. The molecule has 8 aromatic rings. The number of fused-ring (bicyclic) bond motifs is 7. The average Bonchev–Trinajstić information content (AvgIpc) is 3.79. The van der Waals surface area contributed by atoms with Gasteiger partial charge in [-0.2, -0.15) is 0 Å². The Hall–Kier alpha value is -6.12. The van der Waals surface area contributed by atoms with Crippen molar-refractivity contribution >= 4 is 11.0 Å². The van der Waals surface area contributed by atoms with Crippen molar-refractivity contribution in [2.45, 2.75) is 71.6 Å². The normalized spacial score (nSPS) is 13.0. The molecule has 0 radical (unpaired) electrons. The van der Waals surface area contributed by atoms with Crippen molar-refractivity contribution in [1.29, 1.82) is 0 Å². The lowest BCUT2D eigenvalue weighted by molar-refractivity contribution is 0.506. The highest BCUT2D eigenvalue weighted by Gasteiger charge is 2.27. The smallest absolute Gasteiger partial charge is 0.0979 e. The monoisotopic (exact) mass is 736 g/mol. The van der Waals surface area contributed by atoms with Gasteiger partial charge in [-0.1, -0.05) is 187 Å². The van der Waals surface area contributed by atoms with Gasteiger partial charge in [0.2, 0.25) is 0 Å². The standard InChI is InChI=1S/C55H48N2/c1-7-55(5,6)43-21-25-47-41(33-43)31-39-29-37(19-23-45(39)47)49-27-26-48(36-18-22-44-38(28-36)30-40-32-42(54(2,3)4)20-24-46(40)44)52-53(49)57-51(35-16-12-9-13-17-35)50(56-52)34-14-10-8-11-15-34/h8-29,32-33H,7,30-31H2,1-6H3. The predicted molar refractivity (Wildman–Crippen MR) is 240 cm³/mol. The molecule has 2 aliphatic carbocycles. The molecule has 2 aliphatic rings. The van der Waals surface area contributed by atoms with Crippen molar-refractivity contribution in [3.05, 3.63) is 179 Å². The number of aromatic nitrogens is 2. The van der Waals surface area contributed by atoms with Gasteiger partial charge in [-0.25, -0.2) is 9.97 Å². The Morgan fingerprint density at radius 2 is 0.789 bits per heavy atom. The molecule has 0 spiro atoms. The van der Waals surface area contributed by atoms with Crippen molar-refractivity contribution in [2.24, 2.45) is 0 Å². The minimum Gasteiger partial charge on any atom is -0.243 e. The molecule has 1 aromatic heterocycles. The van der Waals surface area contributed by atoms with Crippen LogP contribution in [-0.4, -0.2) is 9.97 Å². The van der Waals surface area contributed by atoms with Crippen molar-refractivity contribution in [3.63, 3.8) is 0 Å². The van der Waals surface area contributed by atoms with Crippen molar-refractivity contribution < 1.29 is 0 Å². The van der Waals surface area contributed by atoms with Gasteiger partial charge in [0, 0.05) is 22.3 Å². The molecule has 0 saturated carbocycles. The lowest BCUT2D eigenvalue weighted by atomic mass is 9.81. The van der Waals surface area contributed by atoms with Gasteiger partial charge in [-0.15, -0.1) is 0 Å². The molecular weight excluding hydrogens is 689 g/mol. The van der Waals surface area contributed by atoms with Gasteiger partial charge in [-0.3, -0.25) is 0 Å². The van der Waals surface area contributed by atoms with Gasteiger partial charge in [-0.05, 0) is 96.9 Å². The maximum Gasteiger partial charge on any atom is 0.0979 e. The molecule has 2 heteroatoms. The highest BCUT2D eigenvalue weighted by molar-refractivity contribution is 6.03. The number of benzene rings is 7. The molecule has 0 aliphatic heterocycles. The van der Waals surface area contributed by atoms with Crippen LogP contribution in [0.1, 0.15) is 81.3 Å². The Kier molecular flexibility index (Phi) is 8.20. The van der Waals surface area contributed by atoms with E-state index in [4.69, 9.17) is 9.97 Å². The summed E-state index contributed by atoms with van der Waals surface area (Å²) < 4.78 is 0. The molecule has 2 nitrogen and oxygen atoms in total. The van der Waals surface area contributed by atoms with Crippen LogP contribution in [0.3, 0.4) is 0 Å². The van der Waals surface area contributed by atoms with Crippen LogP contribution in [0.4, 0.5) is 0 Å². The summed E-state index contributed by atoms with van der Waals surface area (Å²) in [6.07, 6.45) is 2.99. The molecule has 0 atom stereocenters. The first-order valence-corrected chi connectivity index (χ1v) is 20.6. The number of rotatable bonds is 6. The van der Waals surface area contributed by atoms with Gasteiger partial charge < -0.3 is 0 Å². The first-order valence-electron chi connectivity index (χ1n) is 20.6. The minimum absolute atomic E-state index is 0.113. The van der Waals surface area contributed by atoms with Crippen LogP contribution in [0.25, 0.3) is 78.1 Å². The lowest BCUT2D eigenvalue weighted by Crippen LogP contribution is -2.15. The third kappa shape index (κ3) is 6.01. The highest BCUT2D eigenvalue weighted by atomic mass is 14.8. The molecule has 7 aromatic carbocycles. The predicted octanol–water partition coefficient (Wildman–Crippen LogP) is 14.4. The van der Waals surface area contributed by atoms with E-state index in [0.29, 0.717) is 0 Å². The largest absolute Gasteiger partial charge is 0.243 e. The highest BCUT2D eigenvalue weighted by Crippen LogP contribution is 2.45. The van der Waals surface area contributed by atoms with E-state index in [9.17, 15) is 0 Å². The summed E-state index contributed by atoms with van der Waals surface area (Å²) in [7, 11) is 0. The quantitative estimate of drug-likeness (QED) is 0.170. The average molecular weight is 737 g/mol. The van der Waals surface area contributed by atoms with E-state index in [0.717, 1.165) is 63.9 Å². The summed E-state index contributed by atoms with van der Waals surface area (Å²) in [5.74, 6) is 0. The fourth-order valence-electron chi connectivity index (χ4n) is 9.04. The van der Waals surface area contributed by atoms with Crippen molar-refractivity contribution in [1.82, 2.24) is 9.97 Å². The van der Waals surface area contributed by atoms with Gasteiger partial charge in [0.15, 0.2) is 0 Å². The summed E-state index contributed by atoms with van der Waals surface area (Å²) in [5, 5.41) is 0. The molecule has 0 N–H and O–H groups in total. The van der Waals surface area contributed by atoms with E-state index in [2.05, 4.69) is 187 Å². The van der Waals surface area contributed by atoms with Gasteiger partial charge in [0.05, 0.1) is 22.4 Å². The Morgan fingerprint density at radius 1 is 0.404 bits per heavy atom. The number of nitrogens with zero attached hydrogens (tertiary/aromatic N) is 2. The van der Waals surface area contributed by atoms with Crippen LogP contribution in [0.5, 0.6) is 0 Å². The molecule has 0 fully saturated rings. The van der Waals surface area contributed by atoms with E-state index in [1.807, 2.05) is 0 Å². The molecule has 0 saturated heterocycles. The fourth-order valence-corrected chi connectivity index (χ4v) is 9.04. The zero-order valence-electron chi connectivity index (χ0n) is 33.9. The first-order chi connectivity index (χ1) is 27.6. The van der Waals surface area contributed by atoms with Gasteiger partial charge >= 0.3 is 0 Å². The third-order valence-electron chi connectivity index (χ3n) is 12.8. The van der Waals surface area contributed by atoms with E-state index in [1.54, 1.807) is 0 Å². The van der Waals surface area contributed by atoms with Crippen molar-refractivity contribution in [3.8, 4) is 67.0 Å². The zero-order valence-corrected chi connectivity index (χ0v) is 33.9. The van der Waals surface area contributed by atoms with Crippen LogP contribution >= 0.6 is 0 Å². The topological polar surface area (TPSA) is 25.8 Å². The summed E-state index contributed by atoms with van der Waals surface area (Å²) in [4.78, 5) is 11.3. The van der Waals surface area contributed by atoms with Gasteiger partial charge in [0.1, 0.15) is 0 Å². The first kappa shape index (κ1) is 35.3. The van der Waals surface area contributed by atoms with Crippen LogP contribution in [-0.2, 0) is 23.7 Å². The Morgan fingerprint density at radius 3 is 1.23 bits per heavy atom. The minimum atomic E-state index is 0.113. The Labute approximate surface area is 337 Å². The fraction of sp³-hybridized carbons (Fsp3) is 0.200. The summed E-state index contributed by atoms with van der Waals surface area (Å²) in [5.41, 5.74) is 24.3. The summed E-state index contributed by atoms with van der Waals surface area (Å²) in [6.45, 7) is 13.9. The van der Waals surface area contributed by atoms with Crippen LogP contribution < -0.4 is 0 Å². The zero-order chi connectivity index (χ0) is 39.1. The van der Waals surface area contributed by atoms with E-state index < -0.39 is 0 Å². The van der Waals surface area contributed by atoms with Crippen LogP contribution in [0, 0.1) is 0 Å². The maximum atomic E-state index is 5.64. The van der Waals surface area contributed by atoms with Crippen LogP contribution in [0.2, 0.25) is 0 Å². The second kappa shape index (κ2) is 13.2. The molecule has 10 rings (SSSR count). The van der Waals surface area contributed by atoms with Crippen molar-refractivity contribution in [2.75, 3.05) is 0 Å². The number of hydrogen-bond acceptors (Lipinski definition) is 2. The van der Waals surface area contributed by atoms with E-state index in [-0.39, 0.29) is 10.8 Å². The molecule has 57 heavy (non-hydrogen) atoms. The van der Waals surface area contributed by atoms with Gasteiger partial charge in [0.25, 0.3) is 0 Å². The molecule has 0 bridgehead atoms. The molecule has 278 valence electrons. The molecular formula is C55H48N2. The Bertz CT molecular complexity index is 2870. The Balaban J connectivity index is 1.14. The molecule has 0 amide bonds. The lowest BCUT2D eigenvalue weighted by Gasteiger charge is -2.24. The molecule has 0 unspecified atom stereocenters.